The highest BCUT2D eigenvalue weighted by Gasteiger charge is 2.26. The average Bonchev–Trinajstić information content (AvgIpc) is 3.00. The molecule has 0 saturated heterocycles. The van der Waals surface area contributed by atoms with E-state index in [2.05, 4.69) is 27.8 Å². The first-order valence-corrected chi connectivity index (χ1v) is 7.41. The molecular formula is C17H16N4O2. The molecule has 0 saturated carbocycles. The molecular weight excluding hydrogens is 292 g/mol. The third-order valence-corrected chi connectivity index (χ3v) is 3.54. The van der Waals surface area contributed by atoms with Gasteiger partial charge in [-0.15, -0.1) is 5.11 Å². The van der Waals surface area contributed by atoms with E-state index in [0.29, 0.717) is 12.2 Å². The van der Waals surface area contributed by atoms with E-state index in [0.717, 1.165) is 18.4 Å². The summed E-state index contributed by atoms with van der Waals surface area (Å²) in [5.41, 5.74) is 2.83. The molecule has 1 aromatic heterocycles. The van der Waals surface area contributed by atoms with Gasteiger partial charge in [0.2, 0.25) is 5.27 Å². The first kappa shape index (κ1) is 14.9. The number of aromatic nitrogens is 2. The minimum Gasteiger partial charge on any atom is -0.775 e. The van der Waals surface area contributed by atoms with Gasteiger partial charge in [-0.1, -0.05) is 48.5 Å². The Morgan fingerprint density at radius 3 is 2.39 bits per heavy atom. The van der Waals surface area contributed by atoms with Crippen molar-refractivity contribution >= 4 is 5.88 Å². The quantitative estimate of drug-likeness (QED) is 0.394. The first-order valence-electron chi connectivity index (χ1n) is 7.41. The van der Waals surface area contributed by atoms with Crippen molar-refractivity contribution in [3.63, 3.8) is 0 Å². The highest BCUT2D eigenvalue weighted by atomic mass is 16.5. The van der Waals surface area contributed by atoms with E-state index in [-0.39, 0.29) is 5.88 Å². The van der Waals surface area contributed by atoms with Gasteiger partial charge in [0.05, 0.1) is 5.56 Å². The molecule has 23 heavy (non-hydrogen) atoms. The Morgan fingerprint density at radius 2 is 1.70 bits per heavy atom. The first-order chi connectivity index (χ1) is 11.4. The average molecular weight is 308 g/mol. The second kappa shape index (κ2) is 7.31. The predicted molar refractivity (Wildman–Crippen MR) is 84.8 cm³/mol. The fraction of sp³-hybridized carbons (Fsp3) is 0.176. The highest BCUT2D eigenvalue weighted by Crippen LogP contribution is 2.26. The molecule has 0 fully saturated rings. The van der Waals surface area contributed by atoms with Crippen molar-refractivity contribution in [1.29, 1.82) is 0 Å². The van der Waals surface area contributed by atoms with Crippen LogP contribution in [0.3, 0.4) is 0 Å². The van der Waals surface area contributed by atoms with Crippen LogP contribution >= 0.6 is 0 Å². The molecule has 6 nitrogen and oxygen atoms in total. The fourth-order valence-electron chi connectivity index (χ4n) is 2.48. The van der Waals surface area contributed by atoms with Crippen LogP contribution in [-0.4, -0.2) is 5.27 Å². The third-order valence-electron chi connectivity index (χ3n) is 3.54. The van der Waals surface area contributed by atoms with Gasteiger partial charge in [0.1, 0.15) is 0 Å². The van der Waals surface area contributed by atoms with E-state index < -0.39 is 0 Å². The van der Waals surface area contributed by atoms with Crippen molar-refractivity contribution in [2.24, 2.45) is 10.4 Å². The van der Waals surface area contributed by atoms with Crippen LogP contribution in [0.5, 0.6) is 0 Å². The molecule has 116 valence electrons. The van der Waals surface area contributed by atoms with Crippen molar-refractivity contribution in [2.75, 3.05) is 0 Å². The summed E-state index contributed by atoms with van der Waals surface area (Å²) in [4.78, 5) is 0. The van der Waals surface area contributed by atoms with Gasteiger partial charge in [-0.05, 0) is 28.8 Å². The molecule has 3 rings (SSSR count). The zero-order valence-electron chi connectivity index (χ0n) is 12.5. The molecule has 6 heteroatoms. The summed E-state index contributed by atoms with van der Waals surface area (Å²) in [5.74, 6) is 0.130. The molecule has 0 amide bonds. The van der Waals surface area contributed by atoms with E-state index in [1.807, 2.05) is 48.5 Å². The van der Waals surface area contributed by atoms with E-state index in [4.69, 9.17) is 4.52 Å². The Kier molecular flexibility index (Phi) is 4.73. The molecule has 1 heterocycles. The predicted octanol–water partition coefficient (Wildman–Crippen LogP) is 3.84. The Labute approximate surface area is 133 Å². The molecule has 0 aliphatic rings. The molecule has 0 aliphatic carbocycles. The second-order valence-electron chi connectivity index (χ2n) is 5.09. The largest absolute Gasteiger partial charge is 0.775 e. The number of rotatable bonds is 6. The van der Waals surface area contributed by atoms with Gasteiger partial charge in [0, 0.05) is 6.42 Å². The summed E-state index contributed by atoms with van der Waals surface area (Å²) in [5, 5.41) is 20.5. The van der Waals surface area contributed by atoms with E-state index in [9.17, 15) is 5.21 Å². The maximum atomic E-state index is 10.5. The van der Waals surface area contributed by atoms with Gasteiger partial charge in [0.15, 0.2) is 6.54 Å². The van der Waals surface area contributed by atoms with Gasteiger partial charge in [-0.3, -0.25) is 4.52 Å². The molecule has 0 aliphatic heterocycles. The molecule has 3 aromatic rings. The number of hydrogen-bond donors (Lipinski definition) is 0. The fourth-order valence-corrected chi connectivity index (χ4v) is 2.48. The van der Waals surface area contributed by atoms with Gasteiger partial charge in [0.25, 0.3) is 0 Å². The van der Waals surface area contributed by atoms with E-state index in [1.54, 1.807) is 4.68 Å². The van der Waals surface area contributed by atoms with Crippen molar-refractivity contribution in [3.8, 4) is 11.3 Å². The van der Waals surface area contributed by atoms with Crippen LogP contribution in [0, 0.1) is 5.21 Å². The lowest BCUT2D eigenvalue weighted by atomic mass is 10.1. The number of hydrogen-bond acceptors (Lipinski definition) is 5. The lowest BCUT2D eigenvalue weighted by molar-refractivity contribution is -0.753. The van der Waals surface area contributed by atoms with Gasteiger partial charge < -0.3 is 5.21 Å². The zero-order chi connectivity index (χ0) is 15.9. The maximum absolute atomic E-state index is 10.5. The monoisotopic (exact) mass is 308 g/mol. The smallest absolute Gasteiger partial charge is 0.347 e. The van der Waals surface area contributed by atoms with Crippen molar-refractivity contribution in [2.45, 2.75) is 19.4 Å². The summed E-state index contributed by atoms with van der Waals surface area (Å²) in [6.45, 7) is 0.664. The Bertz CT molecular complexity index is 770. The van der Waals surface area contributed by atoms with Crippen molar-refractivity contribution in [1.82, 2.24) is 5.27 Å². The lowest BCUT2D eigenvalue weighted by Gasteiger charge is -1.98. The van der Waals surface area contributed by atoms with Crippen LogP contribution in [0.4, 0.5) is 5.88 Å². The molecule has 0 atom stereocenters. The molecule has 0 spiro atoms. The van der Waals surface area contributed by atoms with Gasteiger partial charge in [-0.25, -0.2) is 5.28 Å². The van der Waals surface area contributed by atoms with Crippen LogP contribution in [0.15, 0.2) is 75.6 Å². The summed E-state index contributed by atoms with van der Waals surface area (Å²) in [6.07, 6.45) is 1.84. The Morgan fingerprint density at radius 1 is 1.00 bits per heavy atom. The standard InChI is InChI=1S/C17H16N4O2/c22-19-18-17-16(15-11-5-2-6-12-15)21(20-23-17)13-7-10-14-8-3-1-4-9-14/h1-6,8-9,11-12H,7,10,13H2. The normalized spacial score (nSPS) is 11.1. The number of aryl methyl sites for hydroxylation is 2. The second-order valence-corrected chi connectivity index (χ2v) is 5.09. The van der Waals surface area contributed by atoms with Crippen LogP contribution in [-0.2, 0) is 13.0 Å². The summed E-state index contributed by atoms with van der Waals surface area (Å²) in [7, 11) is 0. The minimum atomic E-state index is 0.130. The molecule has 0 radical (unpaired) electrons. The Balaban J connectivity index is 1.79. The Hall–Kier alpha value is -3.02. The third kappa shape index (κ3) is 3.60. The van der Waals surface area contributed by atoms with Crippen LogP contribution in [0.2, 0.25) is 0 Å². The minimum absolute atomic E-state index is 0.130. The van der Waals surface area contributed by atoms with E-state index >= 15 is 0 Å². The zero-order valence-corrected chi connectivity index (χ0v) is 12.5. The van der Waals surface area contributed by atoms with Crippen molar-refractivity contribution in [3.05, 3.63) is 71.4 Å². The summed E-state index contributed by atoms with van der Waals surface area (Å²) < 4.78 is 6.87. The van der Waals surface area contributed by atoms with Gasteiger partial charge >= 0.3 is 11.6 Å². The van der Waals surface area contributed by atoms with Gasteiger partial charge in [-0.2, -0.15) is 0 Å². The summed E-state index contributed by atoms with van der Waals surface area (Å²) in [6, 6.07) is 19.8. The van der Waals surface area contributed by atoms with Crippen LogP contribution in [0.1, 0.15) is 12.0 Å². The number of benzene rings is 2. The molecule has 0 N–H and O–H groups in total. The lowest BCUT2D eigenvalue weighted by Crippen LogP contribution is -2.37. The molecule has 2 aromatic carbocycles. The highest BCUT2D eigenvalue weighted by molar-refractivity contribution is 5.64. The SMILES string of the molecule is [O-]/N=N/c1on[n+](CCCc2ccccc2)c1-c1ccccc1. The summed E-state index contributed by atoms with van der Waals surface area (Å²) >= 11 is 0. The topological polar surface area (TPSA) is 77.7 Å². The van der Waals surface area contributed by atoms with E-state index in [1.165, 1.54) is 5.56 Å². The van der Waals surface area contributed by atoms with Crippen LogP contribution < -0.4 is 4.68 Å². The van der Waals surface area contributed by atoms with Crippen molar-refractivity contribution < 1.29 is 9.20 Å². The number of nitrogens with zero attached hydrogens (tertiary/aromatic N) is 4. The molecule has 0 unspecified atom stereocenters. The molecule has 0 bridgehead atoms. The maximum Gasteiger partial charge on any atom is 0.347 e. The van der Waals surface area contributed by atoms with Crippen LogP contribution in [0.25, 0.3) is 11.3 Å².